The van der Waals surface area contributed by atoms with Crippen molar-refractivity contribution in [2.24, 2.45) is 0 Å². The van der Waals surface area contributed by atoms with Crippen molar-refractivity contribution in [3.63, 3.8) is 0 Å². The van der Waals surface area contributed by atoms with Gasteiger partial charge in [0.25, 0.3) is 0 Å². The minimum atomic E-state index is -0.868. The Bertz CT molecular complexity index is 882. The molecule has 0 aromatic carbocycles. The van der Waals surface area contributed by atoms with Gasteiger partial charge < -0.3 is 15.5 Å². The fourth-order valence-corrected chi connectivity index (χ4v) is 8.10. The number of hydrogen-bond acceptors (Lipinski definition) is 3. The summed E-state index contributed by atoms with van der Waals surface area (Å²) in [6.07, 6.45) is 67.2. The van der Waals surface area contributed by atoms with Gasteiger partial charge in [-0.1, -0.05) is 269 Å². The molecule has 0 radical (unpaired) electrons. The molecule has 0 aromatic rings. The van der Waals surface area contributed by atoms with E-state index in [-0.39, 0.29) is 12.5 Å². The van der Waals surface area contributed by atoms with Gasteiger partial charge in [-0.3, -0.25) is 4.79 Å². The van der Waals surface area contributed by atoms with Crippen LogP contribution in [0.1, 0.15) is 284 Å². The van der Waals surface area contributed by atoms with Gasteiger partial charge in [0.05, 0.1) is 18.8 Å². The molecule has 0 aliphatic carbocycles. The monoisotopic (exact) mass is 814 g/mol. The van der Waals surface area contributed by atoms with E-state index in [1.54, 1.807) is 6.08 Å². The lowest BCUT2D eigenvalue weighted by atomic mass is 10.0. The number of carbonyl (C=O) groups is 1. The van der Waals surface area contributed by atoms with Crippen LogP contribution >= 0.6 is 0 Å². The zero-order chi connectivity index (χ0) is 42.1. The van der Waals surface area contributed by atoms with Crippen LogP contribution in [0.2, 0.25) is 0 Å². The Kier molecular flexibility index (Phi) is 48.8. The van der Waals surface area contributed by atoms with Crippen LogP contribution in [0.5, 0.6) is 0 Å². The molecule has 0 fully saturated rings. The first kappa shape index (κ1) is 56.6. The van der Waals surface area contributed by atoms with Gasteiger partial charge in [-0.2, -0.15) is 0 Å². The summed E-state index contributed by atoms with van der Waals surface area (Å²) in [7, 11) is 0. The number of rotatable bonds is 48. The Hall–Kier alpha value is -1.39. The quantitative estimate of drug-likeness (QED) is 0.0423. The molecule has 0 saturated heterocycles. The van der Waals surface area contributed by atoms with Crippen LogP contribution in [0.25, 0.3) is 0 Å². The molecule has 0 aliphatic rings. The SMILES string of the molecule is CCCCCCCCCCCCCCCCCCCCC/C=C/CC/C=C/CC/C=C/C(O)C(CO)NC(=O)CCCCCCCCCCCCCCCCCCC. The number of carbonyl (C=O) groups excluding carboxylic acids is 1. The van der Waals surface area contributed by atoms with E-state index >= 15 is 0 Å². The molecule has 0 bridgehead atoms. The van der Waals surface area contributed by atoms with Crippen molar-refractivity contribution in [2.45, 2.75) is 296 Å². The molecule has 3 N–H and O–H groups in total. The van der Waals surface area contributed by atoms with Gasteiger partial charge >= 0.3 is 0 Å². The fourth-order valence-electron chi connectivity index (χ4n) is 8.10. The van der Waals surface area contributed by atoms with E-state index in [4.69, 9.17) is 0 Å². The first-order chi connectivity index (χ1) is 28.7. The summed E-state index contributed by atoms with van der Waals surface area (Å²) >= 11 is 0. The standard InChI is InChI=1S/C54H103NO3/c1-3-5-7-9-11-13-15-17-19-21-22-23-24-25-26-27-28-29-30-31-32-34-35-37-39-41-43-45-47-49-53(57)52(51-56)55-54(58)50-48-46-44-42-40-38-36-33-20-18-16-14-12-10-8-6-4-2/h32,34,39,41,47,49,52-53,56-57H,3-31,33,35-38,40,42-46,48,50-51H2,1-2H3,(H,55,58)/b34-32+,41-39+,49-47+. The van der Waals surface area contributed by atoms with Crippen molar-refractivity contribution in [1.82, 2.24) is 5.32 Å². The molecule has 58 heavy (non-hydrogen) atoms. The Morgan fingerprint density at radius 2 is 0.672 bits per heavy atom. The Labute approximate surface area is 363 Å². The summed E-state index contributed by atoms with van der Waals surface area (Å²) in [5, 5.41) is 23.1. The maximum Gasteiger partial charge on any atom is 0.220 e. The number of hydrogen-bond donors (Lipinski definition) is 3. The molecule has 0 aliphatic heterocycles. The molecule has 0 aromatic heterocycles. The Morgan fingerprint density at radius 3 is 1.00 bits per heavy atom. The van der Waals surface area contributed by atoms with Crippen LogP contribution < -0.4 is 5.32 Å². The Morgan fingerprint density at radius 1 is 0.397 bits per heavy atom. The predicted octanol–water partition coefficient (Wildman–Crippen LogP) is 16.9. The van der Waals surface area contributed by atoms with E-state index in [1.807, 2.05) is 6.08 Å². The summed E-state index contributed by atoms with van der Waals surface area (Å²) < 4.78 is 0. The van der Waals surface area contributed by atoms with Crippen LogP contribution in [-0.4, -0.2) is 34.9 Å². The van der Waals surface area contributed by atoms with Crippen molar-refractivity contribution >= 4 is 5.91 Å². The van der Waals surface area contributed by atoms with Gasteiger partial charge in [0.2, 0.25) is 5.91 Å². The highest BCUT2D eigenvalue weighted by Gasteiger charge is 2.17. The van der Waals surface area contributed by atoms with Crippen molar-refractivity contribution in [3.8, 4) is 0 Å². The van der Waals surface area contributed by atoms with E-state index in [0.717, 1.165) is 38.5 Å². The van der Waals surface area contributed by atoms with Crippen LogP contribution in [0, 0.1) is 0 Å². The van der Waals surface area contributed by atoms with E-state index in [1.165, 1.54) is 225 Å². The Balaban J connectivity index is 3.55. The van der Waals surface area contributed by atoms with Crippen LogP contribution in [-0.2, 0) is 4.79 Å². The maximum atomic E-state index is 12.4. The fraction of sp³-hybridized carbons (Fsp3) is 0.870. The highest BCUT2D eigenvalue weighted by atomic mass is 16.3. The first-order valence-corrected chi connectivity index (χ1v) is 26.2. The van der Waals surface area contributed by atoms with E-state index < -0.39 is 12.1 Å². The van der Waals surface area contributed by atoms with Crippen molar-refractivity contribution in [3.05, 3.63) is 36.5 Å². The molecule has 4 heteroatoms. The lowest BCUT2D eigenvalue weighted by molar-refractivity contribution is -0.123. The van der Waals surface area contributed by atoms with Gasteiger partial charge in [0.1, 0.15) is 0 Å². The third kappa shape index (κ3) is 45.7. The van der Waals surface area contributed by atoms with Crippen LogP contribution in [0.15, 0.2) is 36.5 Å². The summed E-state index contributed by atoms with van der Waals surface area (Å²) in [5.74, 6) is -0.0741. The molecule has 1 amide bonds. The predicted molar refractivity (Wildman–Crippen MR) is 258 cm³/mol. The summed E-state index contributed by atoms with van der Waals surface area (Å²) in [4.78, 5) is 12.4. The molecule has 0 heterocycles. The van der Waals surface area contributed by atoms with Crippen molar-refractivity contribution in [2.75, 3.05) is 6.61 Å². The number of aliphatic hydroxyl groups is 2. The van der Waals surface area contributed by atoms with Crippen molar-refractivity contribution in [1.29, 1.82) is 0 Å². The van der Waals surface area contributed by atoms with Crippen LogP contribution in [0.4, 0.5) is 0 Å². The smallest absolute Gasteiger partial charge is 0.220 e. The van der Waals surface area contributed by atoms with Gasteiger partial charge in [0.15, 0.2) is 0 Å². The summed E-state index contributed by atoms with van der Waals surface area (Å²) in [6.45, 7) is 4.32. The highest BCUT2D eigenvalue weighted by Crippen LogP contribution is 2.17. The number of nitrogens with one attached hydrogen (secondary N) is 1. The maximum absolute atomic E-state index is 12.4. The number of amides is 1. The second kappa shape index (κ2) is 50.0. The average Bonchev–Trinajstić information content (AvgIpc) is 3.23. The third-order valence-corrected chi connectivity index (χ3v) is 12.1. The van der Waals surface area contributed by atoms with Gasteiger partial charge in [-0.25, -0.2) is 0 Å². The van der Waals surface area contributed by atoms with E-state index in [9.17, 15) is 15.0 Å². The molecular weight excluding hydrogens is 711 g/mol. The topological polar surface area (TPSA) is 69.6 Å². The molecule has 2 atom stereocenters. The lowest BCUT2D eigenvalue weighted by Gasteiger charge is -2.19. The summed E-state index contributed by atoms with van der Waals surface area (Å²) in [6, 6.07) is -0.643. The van der Waals surface area contributed by atoms with Gasteiger partial charge in [0, 0.05) is 6.42 Å². The minimum absolute atomic E-state index is 0.0741. The highest BCUT2D eigenvalue weighted by molar-refractivity contribution is 5.76. The average molecular weight is 814 g/mol. The van der Waals surface area contributed by atoms with Crippen molar-refractivity contribution < 1.29 is 15.0 Å². The van der Waals surface area contributed by atoms with Gasteiger partial charge in [-0.15, -0.1) is 0 Å². The molecule has 4 nitrogen and oxygen atoms in total. The van der Waals surface area contributed by atoms with E-state index in [0.29, 0.717) is 6.42 Å². The molecule has 0 spiro atoms. The minimum Gasteiger partial charge on any atom is -0.394 e. The first-order valence-electron chi connectivity index (χ1n) is 26.2. The number of allylic oxidation sites excluding steroid dienone is 5. The molecule has 0 rings (SSSR count). The molecule has 2 unspecified atom stereocenters. The second-order valence-electron chi connectivity index (χ2n) is 17.9. The lowest BCUT2D eigenvalue weighted by Crippen LogP contribution is -2.45. The largest absolute Gasteiger partial charge is 0.394 e. The third-order valence-electron chi connectivity index (χ3n) is 12.1. The zero-order valence-electron chi connectivity index (χ0n) is 39.3. The van der Waals surface area contributed by atoms with Gasteiger partial charge in [-0.05, 0) is 44.9 Å². The molecule has 0 saturated carbocycles. The zero-order valence-corrected chi connectivity index (χ0v) is 39.3. The molecule has 342 valence electrons. The van der Waals surface area contributed by atoms with E-state index in [2.05, 4.69) is 43.5 Å². The number of unbranched alkanes of at least 4 members (excludes halogenated alkanes) is 37. The normalized spacial score (nSPS) is 13.1. The molecular formula is C54H103NO3. The van der Waals surface area contributed by atoms with Crippen LogP contribution in [0.3, 0.4) is 0 Å². The second-order valence-corrected chi connectivity index (χ2v) is 17.9. The summed E-state index contributed by atoms with van der Waals surface area (Å²) in [5.41, 5.74) is 0. The number of aliphatic hydroxyl groups excluding tert-OH is 2.